The second-order valence-corrected chi connectivity index (χ2v) is 7.63. The summed E-state index contributed by atoms with van der Waals surface area (Å²) in [5.41, 5.74) is 3.29. The van der Waals surface area contributed by atoms with Gasteiger partial charge in [-0.3, -0.25) is 9.79 Å². The minimum atomic E-state index is -0.00183. The molecule has 0 spiro atoms. The van der Waals surface area contributed by atoms with E-state index in [2.05, 4.69) is 15.6 Å². The van der Waals surface area contributed by atoms with Crippen molar-refractivity contribution in [2.75, 3.05) is 38.0 Å². The molecule has 2 aromatic carbocycles. The van der Waals surface area contributed by atoms with Crippen molar-refractivity contribution in [2.24, 2.45) is 4.99 Å². The van der Waals surface area contributed by atoms with Gasteiger partial charge in [-0.2, -0.15) is 0 Å². The van der Waals surface area contributed by atoms with E-state index < -0.39 is 0 Å². The van der Waals surface area contributed by atoms with Gasteiger partial charge in [0, 0.05) is 55.8 Å². The molecule has 3 aromatic rings. The molecule has 0 radical (unpaired) electrons. The normalized spacial score (nSPS) is 16.6. The predicted octanol–water partition coefficient (Wildman–Crippen LogP) is 2.87. The van der Waals surface area contributed by atoms with Crippen LogP contribution in [0.4, 0.5) is 5.82 Å². The molecule has 31 heavy (non-hydrogen) atoms. The molecule has 7 heteroatoms. The van der Waals surface area contributed by atoms with Crippen LogP contribution >= 0.6 is 0 Å². The van der Waals surface area contributed by atoms with Crippen molar-refractivity contribution < 1.29 is 4.79 Å². The molecule has 1 fully saturated rings. The first-order chi connectivity index (χ1) is 15.3. The van der Waals surface area contributed by atoms with Crippen LogP contribution in [-0.2, 0) is 4.79 Å². The number of benzene rings is 2. The van der Waals surface area contributed by atoms with Crippen LogP contribution in [0.5, 0.6) is 0 Å². The van der Waals surface area contributed by atoms with E-state index >= 15 is 0 Å². The van der Waals surface area contributed by atoms with E-state index in [0.717, 1.165) is 47.5 Å². The quantitative estimate of drug-likeness (QED) is 0.689. The van der Waals surface area contributed by atoms with Gasteiger partial charge in [-0.25, -0.2) is 9.97 Å². The molecular weight excluding hydrogens is 388 g/mol. The van der Waals surface area contributed by atoms with Crippen LogP contribution in [0, 0.1) is 0 Å². The molecule has 0 saturated carbocycles. The molecule has 1 saturated heterocycles. The number of hydrogen-bond donors (Lipinski definition) is 2. The summed E-state index contributed by atoms with van der Waals surface area (Å²) in [7, 11) is 0. The highest BCUT2D eigenvalue weighted by Crippen LogP contribution is 2.26. The Bertz CT molecular complexity index is 1170. The van der Waals surface area contributed by atoms with Crippen molar-refractivity contribution >= 4 is 28.3 Å². The highest BCUT2D eigenvalue weighted by Gasteiger charge is 2.22. The Kier molecular flexibility index (Phi) is 5.41. The van der Waals surface area contributed by atoms with Gasteiger partial charge in [-0.15, -0.1) is 0 Å². The first-order valence-corrected chi connectivity index (χ1v) is 10.6. The van der Waals surface area contributed by atoms with E-state index in [1.54, 1.807) is 0 Å². The fraction of sp³-hybridized carbons (Fsp3) is 0.250. The van der Waals surface area contributed by atoms with Crippen LogP contribution in [0.3, 0.4) is 0 Å². The molecule has 0 atom stereocenters. The monoisotopic (exact) mass is 412 g/mol. The summed E-state index contributed by atoms with van der Waals surface area (Å²) in [6, 6.07) is 17.9. The Labute approximate surface area is 180 Å². The van der Waals surface area contributed by atoms with Gasteiger partial charge in [0.1, 0.15) is 11.5 Å². The lowest BCUT2D eigenvalue weighted by molar-refractivity contribution is -0.124. The van der Waals surface area contributed by atoms with Gasteiger partial charge in [0.05, 0.1) is 5.52 Å². The Morgan fingerprint density at radius 1 is 0.968 bits per heavy atom. The minimum Gasteiger partial charge on any atom is -0.343 e. The number of dihydropyridines is 1. The number of aromatic nitrogens is 2. The number of carbonyl (C=O) groups excluding carboxylic acids is 1. The van der Waals surface area contributed by atoms with Crippen LogP contribution in [0.15, 0.2) is 71.4 Å². The highest BCUT2D eigenvalue weighted by molar-refractivity contribution is 6.43. The molecule has 0 unspecified atom stereocenters. The van der Waals surface area contributed by atoms with Crippen molar-refractivity contribution in [1.29, 1.82) is 0 Å². The largest absolute Gasteiger partial charge is 0.343 e. The number of anilines is 1. The molecule has 156 valence electrons. The first kappa shape index (κ1) is 19.4. The number of fused-ring (bicyclic) bond motifs is 1. The molecule has 5 rings (SSSR count). The second-order valence-electron chi connectivity index (χ2n) is 7.63. The van der Waals surface area contributed by atoms with Crippen molar-refractivity contribution in [2.45, 2.75) is 6.42 Å². The van der Waals surface area contributed by atoms with E-state index in [1.165, 1.54) is 0 Å². The van der Waals surface area contributed by atoms with Gasteiger partial charge in [-0.05, 0) is 18.2 Å². The Balaban J connectivity index is 1.46. The van der Waals surface area contributed by atoms with Crippen LogP contribution in [0.25, 0.3) is 22.3 Å². The summed E-state index contributed by atoms with van der Waals surface area (Å²) in [4.78, 5) is 28.8. The minimum absolute atomic E-state index is 0.00183. The fourth-order valence-electron chi connectivity index (χ4n) is 3.88. The summed E-state index contributed by atoms with van der Waals surface area (Å²) in [5.74, 6) is 1.41. The fourth-order valence-corrected chi connectivity index (χ4v) is 3.88. The molecule has 2 N–H and O–H groups in total. The summed E-state index contributed by atoms with van der Waals surface area (Å²) in [6.45, 7) is 3.66. The maximum absolute atomic E-state index is 12.9. The van der Waals surface area contributed by atoms with Crippen molar-refractivity contribution in [3.05, 3.63) is 66.4 Å². The van der Waals surface area contributed by atoms with E-state index in [-0.39, 0.29) is 5.91 Å². The lowest BCUT2D eigenvalue weighted by Crippen LogP contribution is -2.48. The molecule has 2 aliphatic heterocycles. The number of amides is 1. The zero-order chi connectivity index (χ0) is 21.0. The van der Waals surface area contributed by atoms with E-state index in [4.69, 9.17) is 9.97 Å². The molecule has 0 bridgehead atoms. The topological polar surface area (TPSA) is 82.5 Å². The molecule has 2 aliphatic rings. The summed E-state index contributed by atoms with van der Waals surface area (Å²) in [5, 5.41) is 7.69. The molecule has 1 aromatic heterocycles. The number of rotatable bonds is 4. The highest BCUT2D eigenvalue weighted by atomic mass is 16.2. The zero-order valence-electron chi connectivity index (χ0n) is 17.2. The SMILES string of the molecule is O=C(C1=NCCC(Nc2nc(-c3ccccc3)nc3ccccc23)=C1)N1CCNCC1. The number of hydrogen-bond acceptors (Lipinski definition) is 6. The van der Waals surface area contributed by atoms with Gasteiger partial charge in [-0.1, -0.05) is 42.5 Å². The Hall–Kier alpha value is -3.58. The molecule has 1 amide bonds. The second kappa shape index (κ2) is 8.65. The standard InChI is InChI=1S/C24H24N6O/c31-24(30-14-12-25-13-15-30)21-16-18(10-11-26-21)27-23-19-8-4-5-9-20(19)28-22(29-23)17-6-2-1-3-7-17/h1-9,16,25H,10-15H2,(H,27,28,29). The molecule has 3 heterocycles. The molecule has 7 nitrogen and oxygen atoms in total. The summed E-state index contributed by atoms with van der Waals surface area (Å²) >= 11 is 0. The van der Waals surface area contributed by atoms with E-state index in [1.807, 2.05) is 65.6 Å². The third-order valence-corrected chi connectivity index (χ3v) is 5.51. The van der Waals surface area contributed by atoms with Crippen LogP contribution < -0.4 is 10.6 Å². The predicted molar refractivity (Wildman–Crippen MR) is 123 cm³/mol. The number of para-hydroxylation sites is 1. The number of nitrogens with zero attached hydrogens (tertiary/aromatic N) is 4. The summed E-state index contributed by atoms with van der Waals surface area (Å²) in [6.07, 6.45) is 2.60. The molecular formula is C24H24N6O. The van der Waals surface area contributed by atoms with Crippen LogP contribution in [0.1, 0.15) is 6.42 Å². The number of aliphatic imine (C=N–C) groups is 1. The van der Waals surface area contributed by atoms with Crippen LogP contribution in [-0.4, -0.2) is 59.2 Å². The zero-order valence-corrected chi connectivity index (χ0v) is 17.2. The van der Waals surface area contributed by atoms with Gasteiger partial charge in [0.2, 0.25) is 0 Å². The maximum atomic E-state index is 12.9. The number of nitrogens with one attached hydrogen (secondary N) is 2. The van der Waals surface area contributed by atoms with Crippen molar-refractivity contribution in [3.8, 4) is 11.4 Å². The van der Waals surface area contributed by atoms with Gasteiger partial charge >= 0.3 is 0 Å². The smallest absolute Gasteiger partial charge is 0.272 e. The molecule has 0 aliphatic carbocycles. The van der Waals surface area contributed by atoms with Crippen LogP contribution in [0.2, 0.25) is 0 Å². The lowest BCUT2D eigenvalue weighted by atomic mass is 10.1. The average molecular weight is 412 g/mol. The lowest BCUT2D eigenvalue weighted by Gasteiger charge is -2.28. The third-order valence-electron chi connectivity index (χ3n) is 5.51. The van der Waals surface area contributed by atoms with E-state index in [9.17, 15) is 4.79 Å². The first-order valence-electron chi connectivity index (χ1n) is 10.6. The van der Waals surface area contributed by atoms with Gasteiger partial charge in [0.25, 0.3) is 5.91 Å². The Morgan fingerprint density at radius 2 is 1.74 bits per heavy atom. The summed E-state index contributed by atoms with van der Waals surface area (Å²) < 4.78 is 0. The van der Waals surface area contributed by atoms with Crippen molar-refractivity contribution in [1.82, 2.24) is 20.2 Å². The van der Waals surface area contributed by atoms with Gasteiger partial charge in [0.15, 0.2) is 5.82 Å². The maximum Gasteiger partial charge on any atom is 0.272 e. The van der Waals surface area contributed by atoms with Crippen molar-refractivity contribution in [3.63, 3.8) is 0 Å². The average Bonchev–Trinajstić information content (AvgIpc) is 2.85. The number of piperazine rings is 1. The van der Waals surface area contributed by atoms with Gasteiger partial charge < -0.3 is 15.5 Å². The third kappa shape index (κ3) is 4.18. The number of carbonyl (C=O) groups is 1. The van der Waals surface area contributed by atoms with E-state index in [0.29, 0.717) is 31.2 Å². The Morgan fingerprint density at radius 3 is 2.58 bits per heavy atom.